The standard InChI is InChI=1S/C62H90N13O14P/c1-29-20-39-40(21-30(29)2)75(28-70-39)57-52(84)53(41(27-76)87-57)89-90(85,86)88-31(3)26-69-49(83)18-19-59(8)37(22-46(66)80)56-62(11)61(10,25-48(68)82)36(14-17-45(65)79)51(74-62)33(5)55-60(9,24-47(67)81)34(12-15-43(63)77)38(71-55)23-42-58(6,7)35(13-16-44(64)78)50(72-42)32(4)54(59)73-56/h20-21,23,28,31,34-37,41,52-53,56-57,71,76,84H,12-19,22,24-27H2,1-11H3,(H2,63,77)(H2,64,78)(H2,65,79)(H2,66,80)(H2,67,81)(H2,68,82)(H,69,83)(H,85,86)/b38-23?,50-32-,55-33?. The van der Waals surface area contributed by atoms with Crippen LogP contribution in [0.25, 0.3) is 11.0 Å². The molecule has 6 aliphatic rings. The van der Waals surface area contributed by atoms with E-state index in [1.807, 2.05) is 87.4 Å². The Hall–Kier alpha value is -7.00. The highest BCUT2D eigenvalue weighted by Gasteiger charge is 2.66. The number of ether oxygens (including phenoxy) is 1. The molecule has 8 bridgehead atoms. The van der Waals surface area contributed by atoms with Crippen molar-refractivity contribution in [1.82, 2.24) is 20.2 Å². The van der Waals surface area contributed by atoms with Crippen molar-refractivity contribution in [2.45, 2.75) is 189 Å². The van der Waals surface area contributed by atoms with E-state index in [0.717, 1.165) is 11.1 Å². The zero-order valence-electron chi connectivity index (χ0n) is 53.3. The van der Waals surface area contributed by atoms with E-state index >= 15 is 0 Å². The lowest BCUT2D eigenvalue weighted by Crippen LogP contribution is -2.56. The summed E-state index contributed by atoms with van der Waals surface area (Å²) in [4.78, 5) is 126. The minimum Gasteiger partial charge on any atom is -0.394 e. The molecule has 1 aromatic heterocycles. The van der Waals surface area contributed by atoms with E-state index in [4.69, 9.17) is 63.2 Å². The van der Waals surface area contributed by atoms with Crippen molar-refractivity contribution in [3.8, 4) is 0 Å². The minimum absolute atomic E-state index is 0.0114. The number of aliphatic hydroxyl groups excluding tert-OH is 2. The number of aliphatic imine (C=N–C) groups is 3. The Morgan fingerprint density at radius 3 is 1.99 bits per heavy atom. The largest absolute Gasteiger partial charge is 0.472 e. The fourth-order valence-corrected chi connectivity index (χ4v) is 16.6. The Morgan fingerprint density at radius 1 is 0.800 bits per heavy atom. The number of phosphoric acid groups is 1. The van der Waals surface area contributed by atoms with Crippen LogP contribution >= 0.6 is 7.82 Å². The Balaban J connectivity index is 1.19. The smallest absolute Gasteiger partial charge is 0.394 e. The first kappa shape index (κ1) is 68.9. The molecular formula is C62H90N13O14P. The molecule has 0 saturated carbocycles. The van der Waals surface area contributed by atoms with E-state index in [1.165, 1.54) is 13.3 Å². The molecule has 90 heavy (non-hydrogen) atoms. The molecule has 2 fully saturated rings. The molecular weight excluding hydrogens is 1180 g/mol. The van der Waals surface area contributed by atoms with Gasteiger partial charge in [-0.1, -0.05) is 34.6 Å². The number of hydrogen-bond donors (Lipinski definition) is 11. The second-order valence-corrected chi connectivity index (χ2v) is 28.4. The normalized spacial score (nSPS) is 32.8. The van der Waals surface area contributed by atoms with Crippen LogP contribution in [0, 0.1) is 59.2 Å². The molecule has 2 aromatic rings. The summed E-state index contributed by atoms with van der Waals surface area (Å²) in [6, 6.07) is 2.70. The summed E-state index contributed by atoms with van der Waals surface area (Å²) < 4.78 is 32.3. The number of phosphoric ester groups is 1. The molecule has 28 heteroatoms. The highest BCUT2D eigenvalue weighted by Crippen LogP contribution is 2.63. The summed E-state index contributed by atoms with van der Waals surface area (Å²) in [5.74, 6) is -7.18. The maximum atomic E-state index is 14.4. The number of carbonyl (C=O) groups is 7. The van der Waals surface area contributed by atoms with Crippen LogP contribution < -0.4 is 45.0 Å². The number of carbonyl (C=O) groups excluding carboxylic acids is 7. The Bertz CT molecular complexity index is 3540. The fourth-order valence-electron chi connectivity index (χ4n) is 15.4. The van der Waals surface area contributed by atoms with Gasteiger partial charge in [-0.15, -0.1) is 0 Å². The molecule has 0 aliphatic carbocycles. The molecule has 492 valence electrons. The van der Waals surface area contributed by atoms with Crippen LogP contribution in [0.1, 0.15) is 150 Å². The molecule has 0 spiro atoms. The van der Waals surface area contributed by atoms with E-state index < -0.39 is 143 Å². The number of hydrogen-bond acceptors (Lipinski definition) is 18. The van der Waals surface area contributed by atoms with Gasteiger partial charge in [0.1, 0.15) is 18.3 Å². The monoisotopic (exact) mass is 1270 g/mol. The van der Waals surface area contributed by atoms with Gasteiger partial charge in [0.05, 0.1) is 41.7 Å². The van der Waals surface area contributed by atoms with E-state index in [2.05, 4.69) is 15.6 Å². The first-order chi connectivity index (χ1) is 41.8. The van der Waals surface area contributed by atoms with E-state index in [1.54, 1.807) is 4.57 Å². The average molecular weight is 1270 g/mol. The number of benzene rings is 1. The van der Waals surface area contributed by atoms with Gasteiger partial charge in [0.15, 0.2) is 6.23 Å². The molecule has 6 aliphatic heterocycles. The quantitative estimate of drug-likeness (QED) is 0.0603. The van der Waals surface area contributed by atoms with E-state index in [0.29, 0.717) is 56.4 Å². The molecule has 2 saturated heterocycles. The van der Waals surface area contributed by atoms with Crippen molar-refractivity contribution in [1.29, 1.82) is 0 Å². The summed E-state index contributed by atoms with van der Waals surface area (Å²) >= 11 is 0. The highest BCUT2D eigenvalue weighted by atomic mass is 31.2. The van der Waals surface area contributed by atoms with Crippen LogP contribution in [-0.2, 0) is 51.9 Å². The third-order valence-corrected chi connectivity index (χ3v) is 21.7. The van der Waals surface area contributed by atoms with Gasteiger partial charge in [-0.05, 0) is 108 Å². The molecule has 8 rings (SSSR count). The molecule has 27 nitrogen and oxygen atoms in total. The number of rotatable bonds is 26. The number of aliphatic hydroxyl groups is 2. The maximum Gasteiger partial charge on any atom is 0.472 e. The summed E-state index contributed by atoms with van der Waals surface area (Å²) in [5.41, 5.74) is 37.4. The van der Waals surface area contributed by atoms with Crippen LogP contribution in [0.4, 0.5) is 0 Å². The number of aromatic nitrogens is 2. The lowest BCUT2D eigenvalue weighted by Gasteiger charge is -2.48. The summed E-state index contributed by atoms with van der Waals surface area (Å²) in [6.07, 6.45) is -4.26. The topological polar surface area (TPSA) is 460 Å². The van der Waals surface area contributed by atoms with Crippen LogP contribution in [0.2, 0.25) is 0 Å². The molecule has 1 aromatic carbocycles. The third kappa shape index (κ3) is 13.0. The van der Waals surface area contributed by atoms with Gasteiger partial charge in [0.2, 0.25) is 41.4 Å². The van der Waals surface area contributed by atoms with Crippen molar-refractivity contribution in [3.63, 3.8) is 0 Å². The van der Waals surface area contributed by atoms with Gasteiger partial charge in [0, 0.05) is 131 Å². The predicted molar refractivity (Wildman–Crippen MR) is 334 cm³/mol. The number of allylic oxidation sites excluding steroid dienone is 6. The van der Waals surface area contributed by atoms with Crippen molar-refractivity contribution < 1.29 is 67.0 Å². The molecule has 15 unspecified atom stereocenters. The summed E-state index contributed by atoms with van der Waals surface area (Å²) in [7, 11) is -5.07. The molecule has 15 atom stereocenters. The first-order valence-electron chi connectivity index (χ1n) is 30.6. The van der Waals surface area contributed by atoms with Gasteiger partial charge in [0.25, 0.3) is 0 Å². The number of aryl methyl sites for hydroxylation is 2. The fraction of sp³-hybridized carbons (Fsp3) is 0.629. The zero-order chi connectivity index (χ0) is 66.7. The average Bonchev–Trinajstić information content (AvgIpc) is 1.53. The number of nitrogens with one attached hydrogen (secondary N) is 2. The number of imidazole rings is 1. The van der Waals surface area contributed by atoms with Gasteiger partial charge < -0.3 is 69.4 Å². The Morgan fingerprint density at radius 2 is 1.40 bits per heavy atom. The van der Waals surface area contributed by atoms with E-state index in [9.17, 15) is 53.2 Å². The first-order valence-corrected chi connectivity index (χ1v) is 32.1. The van der Waals surface area contributed by atoms with E-state index in [-0.39, 0.29) is 77.2 Å². The van der Waals surface area contributed by atoms with Crippen molar-refractivity contribution in [3.05, 3.63) is 63.9 Å². The molecule has 7 heterocycles. The van der Waals surface area contributed by atoms with Crippen LogP contribution in [-0.4, -0.2) is 132 Å². The lowest BCUT2D eigenvalue weighted by molar-refractivity contribution is -0.124. The van der Waals surface area contributed by atoms with Crippen molar-refractivity contribution >= 4 is 77.3 Å². The Labute approximate surface area is 523 Å². The van der Waals surface area contributed by atoms with Crippen LogP contribution in [0.15, 0.2) is 67.8 Å². The summed E-state index contributed by atoms with van der Waals surface area (Å²) in [6.45, 7) is 19.3. The Kier molecular flexibility index (Phi) is 19.6. The lowest BCUT2D eigenvalue weighted by atomic mass is 9.55. The van der Waals surface area contributed by atoms with Gasteiger partial charge in [-0.25, -0.2) is 9.55 Å². The zero-order valence-corrected chi connectivity index (χ0v) is 54.1. The van der Waals surface area contributed by atoms with Gasteiger partial charge in [-0.2, -0.15) is 0 Å². The van der Waals surface area contributed by atoms with Crippen LogP contribution in [0.5, 0.6) is 0 Å². The van der Waals surface area contributed by atoms with Crippen LogP contribution in [0.3, 0.4) is 0 Å². The summed E-state index contributed by atoms with van der Waals surface area (Å²) in [5, 5.41) is 28.2. The molecule has 0 radical (unpaired) electrons. The number of amides is 7. The number of primary amides is 6. The third-order valence-electron chi connectivity index (χ3n) is 20.6. The minimum atomic E-state index is -5.07. The van der Waals surface area contributed by atoms with Gasteiger partial charge in [-0.3, -0.25) is 57.6 Å². The maximum absolute atomic E-state index is 14.4. The van der Waals surface area contributed by atoms with Gasteiger partial charge >= 0.3 is 7.82 Å². The SMILES string of the molecule is CC1=C2NC(=CC3=N/C(=C(/C)C4=NC(C(CC(N)=O)C4(C)CCC(=O)NCC(C)OP(=O)(O)OC4C(CO)OC(n5cnc6cc(C)c(C)cc65)C4O)C4(C)N=C1C(CCC(N)=O)C4(C)CC(N)=O)C(CCC(N)=O)C3(C)C)C(CCC(N)=O)C2(C)CC(N)=O. The second-order valence-electron chi connectivity index (χ2n) is 27.1. The highest BCUT2D eigenvalue weighted by molar-refractivity contribution is 7.47. The number of nitrogens with two attached hydrogens (primary N) is 6. The predicted octanol–water partition coefficient (Wildman–Crippen LogP) is 3.16. The number of fused-ring (bicyclic) bond motifs is 7. The van der Waals surface area contributed by atoms with Crippen molar-refractivity contribution in [2.24, 2.45) is 94.7 Å². The number of nitrogens with zero attached hydrogens (tertiary/aromatic N) is 5. The van der Waals surface area contributed by atoms with Crippen molar-refractivity contribution in [2.75, 3.05) is 13.2 Å². The second kappa shape index (κ2) is 25.6. The molecule has 17 N–H and O–H groups in total. The molecule has 7 amide bonds.